The predicted molar refractivity (Wildman–Crippen MR) is 86.1 cm³/mol. The van der Waals surface area contributed by atoms with Crippen LogP contribution in [0.2, 0.25) is 5.02 Å². The number of hydrogen-bond donors (Lipinski definition) is 1. The van der Waals surface area contributed by atoms with Gasteiger partial charge in [0.2, 0.25) is 10.0 Å². The Kier molecular flexibility index (Phi) is 5.29. The molecule has 8 heteroatoms. The normalized spacial score (nSPS) is 19.6. The summed E-state index contributed by atoms with van der Waals surface area (Å²) in [4.78, 5) is 14.1. The third-order valence-electron chi connectivity index (χ3n) is 3.20. The molecule has 1 aromatic rings. The number of carbonyl (C=O) groups excluding carboxylic acids is 1. The van der Waals surface area contributed by atoms with Gasteiger partial charge in [0.15, 0.2) is 0 Å². The van der Waals surface area contributed by atoms with Crippen molar-refractivity contribution in [3.63, 3.8) is 0 Å². The summed E-state index contributed by atoms with van der Waals surface area (Å²) in [5.41, 5.74) is 0.495. The maximum atomic E-state index is 12.5. The first-order valence-electron chi connectivity index (χ1n) is 6.47. The van der Waals surface area contributed by atoms with E-state index in [1.54, 1.807) is 23.1 Å². The molecule has 0 saturated carbocycles. The molecular weight excluding hydrogens is 380 g/mol. The molecule has 1 aliphatic heterocycles. The van der Waals surface area contributed by atoms with Crippen LogP contribution >= 0.6 is 27.5 Å². The predicted octanol–water partition coefficient (Wildman–Crippen LogP) is 2.26. The molecule has 0 bridgehead atoms. The fourth-order valence-corrected chi connectivity index (χ4v) is 4.08. The van der Waals surface area contributed by atoms with Gasteiger partial charge < -0.3 is 4.90 Å². The maximum absolute atomic E-state index is 12.5. The third kappa shape index (κ3) is 4.95. The van der Waals surface area contributed by atoms with Gasteiger partial charge >= 0.3 is 0 Å². The minimum atomic E-state index is -3.27. The van der Waals surface area contributed by atoms with Crippen LogP contribution in [0, 0.1) is 0 Å². The van der Waals surface area contributed by atoms with Crippen molar-refractivity contribution in [1.82, 2.24) is 9.62 Å². The molecule has 2 rings (SSSR count). The lowest BCUT2D eigenvalue weighted by Crippen LogP contribution is -2.49. The van der Waals surface area contributed by atoms with Gasteiger partial charge in [-0.25, -0.2) is 13.1 Å². The highest BCUT2D eigenvalue weighted by Gasteiger charge is 2.26. The van der Waals surface area contributed by atoms with Crippen LogP contribution in [-0.4, -0.2) is 44.6 Å². The van der Waals surface area contributed by atoms with E-state index in [2.05, 4.69) is 20.7 Å². The molecule has 1 fully saturated rings. The van der Waals surface area contributed by atoms with Crippen molar-refractivity contribution in [2.75, 3.05) is 19.3 Å². The number of hydrogen-bond acceptors (Lipinski definition) is 3. The summed E-state index contributed by atoms with van der Waals surface area (Å²) in [7, 11) is -3.27. The van der Waals surface area contributed by atoms with Crippen molar-refractivity contribution in [2.45, 2.75) is 18.9 Å². The van der Waals surface area contributed by atoms with Crippen LogP contribution in [-0.2, 0) is 10.0 Å². The first-order valence-corrected chi connectivity index (χ1v) is 9.53. The topological polar surface area (TPSA) is 66.5 Å². The third-order valence-corrected chi connectivity index (χ3v) is 4.64. The minimum absolute atomic E-state index is 0.141. The first kappa shape index (κ1) is 16.7. The summed E-state index contributed by atoms with van der Waals surface area (Å²) in [5.74, 6) is -0.141. The Hall–Kier alpha value is -0.630. The molecule has 0 spiro atoms. The van der Waals surface area contributed by atoms with E-state index in [1.807, 2.05) is 0 Å². The standard InChI is InChI=1S/C13H16BrClN2O3S/c1-21(19,20)16-12-3-2-4-17(8-12)13(18)9-5-10(14)7-11(15)6-9/h5-7,12,16H,2-4,8H2,1H3. The van der Waals surface area contributed by atoms with Crippen LogP contribution in [0.5, 0.6) is 0 Å². The molecular formula is C13H16BrClN2O3S. The molecule has 1 amide bonds. The molecule has 1 aromatic carbocycles. The Morgan fingerprint density at radius 2 is 2.14 bits per heavy atom. The Bertz CT molecular complexity index is 631. The van der Waals surface area contributed by atoms with Crippen LogP contribution in [0.25, 0.3) is 0 Å². The lowest BCUT2D eigenvalue weighted by Gasteiger charge is -2.32. The molecule has 0 aromatic heterocycles. The van der Waals surface area contributed by atoms with Gasteiger partial charge in [0.05, 0.1) is 6.26 Å². The fourth-order valence-electron chi connectivity index (χ4n) is 2.42. The number of nitrogens with zero attached hydrogens (tertiary/aromatic N) is 1. The number of rotatable bonds is 3. The number of nitrogens with one attached hydrogen (secondary N) is 1. The second kappa shape index (κ2) is 6.64. The molecule has 1 atom stereocenters. The van der Waals surface area contributed by atoms with Crippen LogP contribution in [0.15, 0.2) is 22.7 Å². The quantitative estimate of drug-likeness (QED) is 0.853. The van der Waals surface area contributed by atoms with Gasteiger partial charge in [-0.05, 0) is 31.0 Å². The lowest BCUT2D eigenvalue weighted by molar-refractivity contribution is 0.0703. The van der Waals surface area contributed by atoms with E-state index >= 15 is 0 Å². The molecule has 1 saturated heterocycles. The second-order valence-electron chi connectivity index (χ2n) is 5.14. The minimum Gasteiger partial charge on any atom is -0.337 e. The fraction of sp³-hybridized carbons (Fsp3) is 0.462. The number of benzene rings is 1. The van der Waals surface area contributed by atoms with E-state index in [9.17, 15) is 13.2 Å². The van der Waals surface area contributed by atoms with Gasteiger partial charge in [0.1, 0.15) is 0 Å². The van der Waals surface area contributed by atoms with Gasteiger partial charge in [-0.2, -0.15) is 0 Å². The Balaban J connectivity index is 2.12. The average Bonchev–Trinajstić information content (AvgIpc) is 2.35. The van der Waals surface area contributed by atoms with Gasteiger partial charge in [-0.1, -0.05) is 27.5 Å². The van der Waals surface area contributed by atoms with Crippen LogP contribution in [0.1, 0.15) is 23.2 Å². The zero-order chi connectivity index (χ0) is 15.6. The molecule has 1 heterocycles. The lowest BCUT2D eigenvalue weighted by atomic mass is 10.1. The summed E-state index contributed by atoms with van der Waals surface area (Å²) in [6, 6.07) is 4.80. The van der Waals surface area contributed by atoms with E-state index in [0.29, 0.717) is 23.7 Å². The molecule has 0 radical (unpaired) electrons. The number of halogens is 2. The van der Waals surface area contributed by atoms with Crippen molar-refractivity contribution in [1.29, 1.82) is 0 Å². The van der Waals surface area contributed by atoms with E-state index < -0.39 is 10.0 Å². The van der Waals surface area contributed by atoms with E-state index in [0.717, 1.165) is 23.6 Å². The molecule has 116 valence electrons. The molecule has 0 aliphatic carbocycles. The summed E-state index contributed by atoms with van der Waals surface area (Å²) in [6.07, 6.45) is 2.62. The van der Waals surface area contributed by atoms with Gasteiger partial charge in [0, 0.05) is 34.2 Å². The van der Waals surface area contributed by atoms with E-state index in [-0.39, 0.29) is 11.9 Å². The van der Waals surface area contributed by atoms with Crippen molar-refractivity contribution in [2.24, 2.45) is 0 Å². The largest absolute Gasteiger partial charge is 0.337 e. The van der Waals surface area contributed by atoms with E-state index in [1.165, 1.54) is 0 Å². The average molecular weight is 396 g/mol. The van der Waals surface area contributed by atoms with Crippen molar-refractivity contribution < 1.29 is 13.2 Å². The molecule has 1 unspecified atom stereocenters. The van der Waals surface area contributed by atoms with Gasteiger partial charge in [-0.3, -0.25) is 4.79 Å². The highest BCUT2D eigenvalue weighted by atomic mass is 79.9. The summed E-state index contributed by atoms with van der Waals surface area (Å²) in [6.45, 7) is 0.987. The Morgan fingerprint density at radius 1 is 1.43 bits per heavy atom. The zero-order valence-corrected chi connectivity index (χ0v) is 14.6. The Labute approximate surface area is 137 Å². The molecule has 5 nitrogen and oxygen atoms in total. The Morgan fingerprint density at radius 3 is 2.76 bits per heavy atom. The number of carbonyl (C=O) groups is 1. The highest BCUT2D eigenvalue weighted by molar-refractivity contribution is 9.10. The van der Waals surface area contributed by atoms with Crippen LogP contribution in [0.4, 0.5) is 0 Å². The van der Waals surface area contributed by atoms with Crippen LogP contribution in [0.3, 0.4) is 0 Å². The SMILES string of the molecule is CS(=O)(=O)NC1CCCN(C(=O)c2cc(Cl)cc(Br)c2)C1. The molecule has 1 N–H and O–H groups in total. The van der Waals surface area contributed by atoms with E-state index in [4.69, 9.17) is 11.6 Å². The number of piperidine rings is 1. The summed E-state index contributed by atoms with van der Waals surface area (Å²) < 4.78 is 25.9. The number of amides is 1. The molecule has 21 heavy (non-hydrogen) atoms. The monoisotopic (exact) mass is 394 g/mol. The zero-order valence-electron chi connectivity index (χ0n) is 11.5. The first-order chi connectivity index (χ1) is 9.74. The number of likely N-dealkylation sites (tertiary alicyclic amines) is 1. The summed E-state index contributed by atoms with van der Waals surface area (Å²) in [5, 5.41) is 0.482. The smallest absolute Gasteiger partial charge is 0.253 e. The van der Waals surface area contributed by atoms with Crippen molar-refractivity contribution in [3.05, 3.63) is 33.3 Å². The molecule has 1 aliphatic rings. The van der Waals surface area contributed by atoms with Crippen molar-refractivity contribution in [3.8, 4) is 0 Å². The van der Waals surface area contributed by atoms with Crippen molar-refractivity contribution >= 4 is 43.5 Å². The number of sulfonamides is 1. The maximum Gasteiger partial charge on any atom is 0.253 e. The second-order valence-corrected chi connectivity index (χ2v) is 8.27. The van der Waals surface area contributed by atoms with Crippen LogP contribution < -0.4 is 4.72 Å². The van der Waals surface area contributed by atoms with Gasteiger partial charge in [0.25, 0.3) is 5.91 Å². The highest BCUT2D eigenvalue weighted by Crippen LogP contribution is 2.22. The van der Waals surface area contributed by atoms with Gasteiger partial charge in [-0.15, -0.1) is 0 Å². The summed E-state index contributed by atoms with van der Waals surface area (Å²) >= 11 is 9.27.